The number of amides is 2. The van der Waals surface area contributed by atoms with E-state index in [2.05, 4.69) is 15.6 Å². The molecule has 0 radical (unpaired) electrons. The molecular formula is C15H28Cl2N4O2S. The minimum Gasteiger partial charge on any atom is -0.346 e. The van der Waals surface area contributed by atoms with Gasteiger partial charge in [-0.15, -0.1) is 36.2 Å². The van der Waals surface area contributed by atoms with Crippen molar-refractivity contribution in [3.05, 3.63) is 16.1 Å². The Morgan fingerprint density at radius 2 is 1.96 bits per heavy atom. The molecule has 140 valence electrons. The van der Waals surface area contributed by atoms with Crippen LogP contribution in [0.25, 0.3) is 0 Å². The summed E-state index contributed by atoms with van der Waals surface area (Å²) in [6.07, 6.45) is 0.713. The molecule has 0 saturated carbocycles. The average Bonchev–Trinajstić information content (AvgIpc) is 2.90. The molecule has 2 amide bonds. The highest BCUT2D eigenvalue weighted by Gasteiger charge is 2.30. The molecule has 0 bridgehead atoms. The second kappa shape index (κ2) is 10.9. The van der Waals surface area contributed by atoms with Crippen molar-refractivity contribution in [3.8, 4) is 0 Å². The SMILES string of the molecule is CCC(C)(NC(=O)CNC(=O)[C@@H](N)C(C)C)c1nc(C)cs1.Cl.Cl. The van der Waals surface area contributed by atoms with Gasteiger partial charge in [0.25, 0.3) is 0 Å². The summed E-state index contributed by atoms with van der Waals surface area (Å²) in [5, 5.41) is 8.35. The lowest BCUT2D eigenvalue weighted by molar-refractivity contribution is -0.128. The number of aryl methyl sites for hydroxylation is 1. The first kappa shape index (κ1) is 25.4. The fourth-order valence-electron chi connectivity index (χ4n) is 1.84. The lowest BCUT2D eigenvalue weighted by Crippen LogP contribution is -2.50. The molecule has 0 aliphatic carbocycles. The quantitative estimate of drug-likeness (QED) is 0.654. The predicted octanol–water partition coefficient (Wildman–Crippen LogP) is 2.14. The fourth-order valence-corrected chi connectivity index (χ4v) is 2.83. The van der Waals surface area contributed by atoms with E-state index in [4.69, 9.17) is 5.73 Å². The topological polar surface area (TPSA) is 97.1 Å². The smallest absolute Gasteiger partial charge is 0.240 e. The molecule has 1 aromatic heterocycles. The van der Waals surface area contributed by atoms with Crippen LogP contribution in [0, 0.1) is 12.8 Å². The summed E-state index contributed by atoms with van der Waals surface area (Å²) >= 11 is 1.52. The van der Waals surface area contributed by atoms with Crippen LogP contribution in [0.2, 0.25) is 0 Å². The second-order valence-electron chi connectivity index (χ2n) is 6.02. The van der Waals surface area contributed by atoms with Gasteiger partial charge in [-0.2, -0.15) is 0 Å². The summed E-state index contributed by atoms with van der Waals surface area (Å²) in [7, 11) is 0. The van der Waals surface area contributed by atoms with Gasteiger partial charge >= 0.3 is 0 Å². The number of rotatable bonds is 7. The average molecular weight is 399 g/mol. The standard InChI is InChI=1S/C15H26N4O2S.2ClH/c1-6-15(5,14-18-10(4)8-22-14)19-11(20)7-17-13(21)12(16)9(2)3;;/h8-9,12H,6-7,16H2,1-5H3,(H,17,21)(H,19,20);2*1H/t12-,15?;;/m0../s1. The van der Waals surface area contributed by atoms with Crippen molar-refractivity contribution >= 4 is 48.0 Å². The number of nitrogens with one attached hydrogen (secondary N) is 2. The van der Waals surface area contributed by atoms with E-state index in [-0.39, 0.29) is 49.1 Å². The Balaban J connectivity index is 0. The molecule has 0 spiro atoms. The molecule has 9 heteroatoms. The number of halogens is 2. The molecule has 1 unspecified atom stereocenters. The predicted molar refractivity (Wildman–Crippen MR) is 103 cm³/mol. The summed E-state index contributed by atoms with van der Waals surface area (Å²) in [5.74, 6) is -0.530. The molecule has 0 aliphatic rings. The van der Waals surface area contributed by atoms with Gasteiger partial charge in [-0.3, -0.25) is 9.59 Å². The molecule has 0 aromatic carbocycles. The van der Waals surface area contributed by atoms with E-state index in [9.17, 15) is 9.59 Å². The normalized spacial score (nSPS) is 14.0. The van der Waals surface area contributed by atoms with E-state index >= 15 is 0 Å². The van der Waals surface area contributed by atoms with Gasteiger partial charge in [-0.1, -0.05) is 20.8 Å². The van der Waals surface area contributed by atoms with Crippen molar-refractivity contribution in [1.82, 2.24) is 15.6 Å². The molecule has 0 saturated heterocycles. The molecule has 1 aromatic rings. The van der Waals surface area contributed by atoms with Crippen molar-refractivity contribution in [1.29, 1.82) is 0 Å². The summed E-state index contributed by atoms with van der Waals surface area (Å²) in [6.45, 7) is 9.49. The second-order valence-corrected chi connectivity index (χ2v) is 6.87. The van der Waals surface area contributed by atoms with Crippen molar-refractivity contribution in [2.75, 3.05) is 6.54 Å². The van der Waals surface area contributed by atoms with Crippen LogP contribution >= 0.6 is 36.2 Å². The third-order valence-corrected chi connectivity index (χ3v) is 4.88. The van der Waals surface area contributed by atoms with Crippen molar-refractivity contribution in [2.24, 2.45) is 11.7 Å². The molecule has 24 heavy (non-hydrogen) atoms. The Bertz CT molecular complexity index is 539. The zero-order valence-electron chi connectivity index (χ0n) is 14.7. The molecule has 6 nitrogen and oxygen atoms in total. The van der Waals surface area contributed by atoms with E-state index in [0.717, 1.165) is 10.7 Å². The Morgan fingerprint density at radius 1 is 1.38 bits per heavy atom. The monoisotopic (exact) mass is 398 g/mol. The van der Waals surface area contributed by atoms with Gasteiger partial charge in [0.15, 0.2) is 0 Å². The summed E-state index contributed by atoms with van der Waals surface area (Å²) in [6, 6.07) is -0.605. The number of hydrogen-bond donors (Lipinski definition) is 3. The number of carbonyl (C=O) groups excluding carboxylic acids is 2. The van der Waals surface area contributed by atoms with Crippen LogP contribution in [-0.2, 0) is 15.1 Å². The third-order valence-electron chi connectivity index (χ3n) is 3.66. The fraction of sp³-hybridized carbons (Fsp3) is 0.667. The Kier molecular flexibility index (Phi) is 11.5. The molecule has 4 N–H and O–H groups in total. The highest BCUT2D eigenvalue weighted by atomic mass is 35.5. The van der Waals surface area contributed by atoms with Gasteiger partial charge in [0.1, 0.15) is 5.01 Å². The van der Waals surface area contributed by atoms with Crippen LogP contribution in [0.1, 0.15) is 44.8 Å². The van der Waals surface area contributed by atoms with Crippen molar-refractivity contribution in [3.63, 3.8) is 0 Å². The highest BCUT2D eigenvalue weighted by molar-refractivity contribution is 7.09. The Morgan fingerprint density at radius 3 is 2.38 bits per heavy atom. The number of thiazole rings is 1. The van der Waals surface area contributed by atoms with E-state index in [1.54, 1.807) is 0 Å². The first-order chi connectivity index (χ1) is 10.2. The maximum Gasteiger partial charge on any atom is 0.240 e. The molecule has 1 rings (SSSR count). The van der Waals surface area contributed by atoms with Crippen LogP contribution in [0.4, 0.5) is 0 Å². The maximum absolute atomic E-state index is 12.1. The summed E-state index contributed by atoms with van der Waals surface area (Å²) in [4.78, 5) is 28.3. The highest BCUT2D eigenvalue weighted by Crippen LogP contribution is 2.27. The minimum atomic E-state index is -0.605. The molecule has 2 atom stereocenters. The molecule has 0 aliphatic heterocycles. The number of nitrogens with two attached hydrogens (primary N) is 1. The molecule has 1 heterocycles. The van der Waals surface area contributed by atoms with Crippen LogP contribution in [0.3, 0.4) is 0 Å². The summed E-state index contributed by atoms with van der Waals surface area (Å²) < 4.78 is 0. The van der Waals surface area contributed by atoms with Gasteiger partial charge in [0.2, 0.25) is 11.8 Å². The van der Waals surface area contributed by atoms with E-state index in [1.807, 2.05) is 40.0 Å². The van der Waals surface area contributed by atoms with Crippen LogP contribution < -0.4 is 16.4 Å². The lowest BCUT2D eigenvalue weighted by atomic mass is 10.00. The molecule has 0 fully saturated rings. The van der Waals surface area contributed by atoms with Crippen molar-refractivity contribution in [2.45, 2.75) is 52.6 Å². The molecular weight excluding hydrogens is 371 g/mol. The number of aromatic nitrogens is 1. The Labute approximate surface area is 160 Å². The zero-order chi connectivity index (χ0) is 16.9. The number of nitrogens with zero attached hydrogens (tertiary/aromatic N) is 1. The third kappa shape index (κ3) is 6.93. The first-order valence-electron chi connectivity index (χ1n) is 7.46. The van der Waals surface area contributed by atoms with Gasteiger partial charge < -0.3 is 16.4 Å². The van der Waals surface area contributed by atoms with Crippen LogP contribution in [0.5, 0.6) is 0 Å². The minimum absolute atomic E-state index is 0. The van der Waals surface area contributed by atoms with E-state index in [0.29, 0.717) is 6.42 Å². The number of carbonyl (C=O) groups is 2. The Hall–Kier alpha value is -0.890. The van der Waals surface area contributed by atoms with E-state index < -0.39 is 11.6 Å². The maximum atomic E-state index is 12.1. The zero-order valence-corrected chi connectivity index (χ0v) is 17.2. The van der Waals surface area contributed by atoms with Crippen LogP contribution in [-0.4, -0.2) is 29.4 Å². The van der Waals surface area contributed by atoms with Crippen molar-refractivity contribution < 1.29 is 9.59 Å². The lowest BCUT2D eigenvalue weighted by Gasteiger charge is -2.27. The first-order valence-corrected chi connectivity index (χ1v) is 8.34. The number of hydrogen-bond acceptors (Lipinski definition) is 5. The van der Waals surface area contributed by atoms with Gasteiger partial charge in [0.05, 0.1) is 18.1 Å². The van der Waals surface area contributed by atoms with Gasteiger partial charge in [0, 0.05) is 11.1 Å². The largest absolute Gasteiger partial charge is 0.346 e. The van der Waals surface area contributed by atoms with E-state index in [1.165, 1.54) is 11.3 Å². The van der Waals surface area contributed by atoms with Gasteiger partial charge in [-0.05, 0) is 26.2 Å². The van der Waals surface area contributed by atoms with Crippen LogP contribution in [0.15, 0.2) is 5.38 Å². The van der Waals surface area contributed by atoms with Gasteiger partial charge in [-0.25, -0.2) is 4.98 Å². The summed E-state index contributed by atoms with van der Waals surface area (Å²) in [5.41, 5.74) is 6.15.